The maximum atomic E-state index is 12.9. The van der Waals surface area contributed by atoms with Gasteiger partial charge < -0.3 is 5.73 Å². The third-order valence-electron chi connectivity index (χ3n) is 3.55. The fraction of sp³-hybridized carbons (Fsp3) is 0.0556. The predicted molar refractivity (Wildman–Crippen MR) is 93.8 cm³/mol. The number of carbonyl (C=O) groups is 1. The van der Waals surface area contributed by atoms with Gasteiger partial charge in [0.25, 0.3) is 0 Å². The summed E-state index contributed by atoms with van der Waals surface area (Å²) in [5.74, 6) is -0.0719. The summed E-state index contributed by atoms with van der Waals surface area (Å²) < 4.78 is 0. The Morgan fingerprint density at radius 1 is 1.14 bits per heavy atom. The minimum Gasteiger partial charge on any atom is -0.390 e. The number of halogens is 1. The molecule has 0 aliphatic heterocycles. The normalized spacial score (nSPS) is 10.6. The van der Waals surface area contributed by atoms with Crippen LogP contribution in [0.3, 0.4) is 0 Å². The molecule has 3 aromatic rings. The number of hydrogen-bond acceptors (Lipinski definition) is 3. The van der Waals surface area contributed by atoms with Crippen LogP contribution in [0.5, 0.6) is 0 Å². The van der Waals surface area contributed by atoms with Crippen molar-refractivity contribution in [2.75, 3.05) is 5.73 Å². The molecule has 0 saturated heterocycles. The molecule has 0 radical (unpaired) electrons. The highest BCUT2D eigenvalue weighted by atomic mass is 35.5. The number of benzene rings is 2. The molecule has 2 N–H and O–H groups in total. The number of anilines is 1. The van der Waals surface area contributed by atoms with Crippen molar-refractivity contribution in [2.24, 2.45) is 0 Å². The molecule has 0 fully saturated rings. The summed E-state index contributed by atoms with van der Waals surface area (Å²) in [5, 5.41) is 3.12. The van der Waals surface area contributed by atoms with Crippen molar-refractivity contribution in [1.29, 1.82) is 0 Å². The van der Waals surface area contributed by atoms with Crippen molar-refractivity contribution in [3.05, 3.63) is 75.6 Å². The van der Waals surface area contributed by atoms with Crippen LogP contribution in [0.25, 0.3) is 11.1 Å². The summed E-state index contributed by atoms with van der Waals surface area (Å²) in [6.45, 7) is 1.88. The van der Waals surface area contributed by atoms with Gasteiger partial charge in [0.1, 0.15) is 0 Å². The average Bonchev–Trinajstić information content (AvgIpc) is 2.92. The smallest absolute Gasteiger partial charge is 0.196 e. The predicted octanol–water partition coefficient (Wildman–Crippen LogP) is 5.19. The first-order valence-corrected chi connectivity index (χ1v) is 8.07. The molecule has 1 aromatic heterocycles. The molecule has 2 nitrogen and oxygen atoms in total. The molecule has 0 spiro atoms. The first-order valence-electron chi connectivity index (χ1n) is 6.81. The van der Waals surface area contributed by atoms with Crippen LogP contribution < -0.4 is 5.73 Å². The van der Waals surface area contributed by atoms with Crippen molar-refractivity contribution in [3.63, 3.8) is 0 Å². The molecule has 3 rings (SSSR count). The molecular formula is C18H14ClNOS. The number of nitrogens with two attached hydrogens (primary N) is 1. The van der Waals surface area contributed by atoms with Gasteiger partial charge in [0, 0.05) is 21.5 Å². The van der Waals surface area contributed by atoms with E-state index < -0.39 is 0 Å². The number of hydrogen-bond donors (Lipinski definition) is 1. The highest BCUT2D eigenvalue weighted by molar-refractivity contribution is 7.15. The monoisotopic (exact) mass is 327 g/mol. The van der Waals surface area contributed by atoms with Crippen molar-refractivity contribution in [3.8, 4) is 11.1 Å². The summed E-state index contributed by atoms with van der Waals surface area (Å²) in [7, 11) is 0. The quantitative estimate of drug-likeness (QED) is 0.673. The number of rotatable bonds is 3. The summed E-state index contributed by atoms with van der Waals surface area (Å²) in [5.41, 5.74) is 9.97. The molecule has 0 aliphatic carbocycles. The van der Waals surface area contributed by atoms with E-state index in [0.29, 0.717) is 21.2 Å². The largest absolute Gasteiger partial charge is 0.390 e. The van der Waals surface area contributed by atoms with E-state index in [-0.39, 0.29) is 5.78 Å². The Labute approximate surface area is 138 Å². The third kappa shape index (κ3) is 2.65. The van der Waals surface area contributed by atoms with E-state index in [4.69, 9.17) is 17.3 Å². The van der Waals surface area contributed by atoms with Gasteiger partial charge in [0.15, 0.2) is 5.78 Å². The van der Waals surface area contributed by atoms with E-state index in [9.17, 15) is 4.79 Å². The first-order chi connectivity index (χ1) is 10.6. The van der Waals surface area contributed by atoms with Crippen molar-refractivity contribution in [1.82, 2.24) is 0 Å². The van der Waals surface area contributed by atoms with Gasteiger partial charge in [0.2, 0.25) is 0 Å². The van der Waals surface area contributed by atoms with Gasteiger partial charge in [-0.2, -0.15) is 0 Å². The standard InChI is InChI=1S/C18H14ClNOS/c1-11-9-13(7-8-15(11)19)17(21)16-14(10-22-18(16)20)12-5-3-2-4-6-12/h2-10H,20H2,1H3. The second-order valence-corrected chi connectivity index (χ2v) is 6.37. The molecular weight excluding hydrogens is 314 g/mol. The minimum absolute atomic E-state index is 0.0719. The number of ketones is 1. The molecule has 110 valence electrons. The van der Waals surface area contributed by atoms with Crippen LogP contribution in [0.15, 0.2) is 53.9 Å². The van der Waals surface area contributed by atoms with Crippen LogP contribution in [0.1, 0.15) is 21.5 Å². The third-order valence-corrected chi connectivity index (χ3v) is 4.79. The van der Waals surface area contributed by atoms with Crippen LogP contribution in [-0.2, 0) is 0 Å². The highest BCUT2D eigenvalue weighted by Crippen LogP contribution is 2.35. The van der Waals surface area contributed by atoms with Gasteiger partial charge in [0.05, 0.1) is 10.6 Å². The van der Waals surface area contributed by atoms with Crippen LogP contribution in [-0.4, -0.2) is 5.78 Å². The number of aryl methyl sites for hydroxylation is 1. The van der Waals surface area contributed by atoms with Crippen LogP contribution in [0.2, 0.25) is 5.02 Å². The summed E-state index contributed by atoms with van der Waals surface area (Å²) in [6.07, 6.45) is 0. The van der Waals surface area contributed by atoms with Gasteiger partial charge in [-0.05, 0) is 36.2 Å². The number of thiophene rings is 1. The zero-order valence-electron chi connectivity index (χ0n) is 12.0. The Morgan fingerprint density at radius 3 is 2.55 bits per heavy atom. The van der Waals surface area contributed by atoms with Gasteiger partial charge in [-0.25, -0.2) is 0 Å². The topological polar surface area (TPSA) is 43.1 Å². The van der Waals surface area contributed by atoms with Gasteiger partial charge in [-0.1, -0.05) is 41.9 Å². The summed E-state index contributed by atoms with van der Waals surface area (Å²) >= 11 is 7.42. The lowest BCUT2D eigenvalue weighted by atomic mass is 9.96. The Morgan fingerprint density at radius 2 is 1.86 bits per heavy atom. The molecule has 0 saturated carbocycles. The number of nitrogen functional groups attached to an aromatic ring is 1. The van der Waals surface area contributed by atoms with Gasteiger partial charge in [-0.3, -0.25) is 4.79 Å². The van der Waals surface area contributed by atoms with Crippen LogP contribution in [0.4, 0.5) is 5.00 Å². The van der Waals surface area contributed by atoms with Gasteiger partial charge >= 0.3 is 0 Å². The Bertz CT molecular complexity index is 840. The molecule has 0 bridgehead atoms. The molecule has 2 aromatic carbocycles. The van der Waals surface area contributed by atoms with E-state index in [2.05, 4.69) is 0 Å². The SMILES string of the molecule is Cc1cc(C(=O)c2c(-c3ccccc3)csc2N)ccc1Cl. The van der Waals surface area contributed by atoms with Crippen molar-refractivity contribution in [2.45, 2.75) is 6.92 Å². The summed E-state index contributed by atoms with van der Waals surface area (Å²) in [6, 6.07) is 15.1. The molecule has 0 unspecified atom stereocenters. The maximum Gasteiger partial charge on any atom is 0.196 e. The molecule has 22 heavy (non-hydrogen) atoms. The van der Waals surface area contributed by atoms with E-state index >= 15 is 0 Å². The zero-order valence-corrected chi connectivity index (χ0v) is 13.5. The van der Waals surface area contributed by atoms with Crippen molar-refractivity contribution >= 4 is 33.7 Å². The Kier molecular flexibility index (Phi) is 4.01. The Hall–Kier alpha value is -2.10. The van der Waals surface area contributed by atoms with E-state index in [0.717, 1.165) is 16.7 Å². The lowest BCUT2D eigenvalue weighted by molar-refractivity contribution is 0.104. The Balaban J connectivity index is 2.10. The van der Waals surface area contributed by atoms with Crippen molar-refractivity contribution < 1.29 is 4.79 Å². The van der Waals surface area contributed by atoms with E-state index in [1.807, 2.05) is 42.6 Å². The lowest BCUT2D eigenvalue weighted by Gasteiger charge is -2.07. The highest BCUT2D eigenvalue weighted by Gasteiger charge is 2.20. The molecule has 0 atom stereocenters. The molecule has 0 amide bonds. The van der Waals surface area contributed by atoms with E-state index in [1.165, 1.54) is 11.3 Å². The minimum atomic E-state index is -0.0719. The second kappa shape index (κ2) is 5.95. The fourth-order valence-corrected chi connectivity index (χ4v) is 3.30. The average molecular weight is 328 g/mol. The first kappa shape index (κ1) is 14.8. The maximum absolute atomic E-state index is 12.9. The van der Waals surface area contributed by atoms with Gasteiger partial charge in [-0.15, -0.1) is 11.3 Å². The van der Waals surface area contributed by atoms with Crippen LogP contribution in [0, 0.1) is 6.92 Å². The lowest BCUT2D eigenvalue weighted by Crippen LogP contribution is -2.05. The molecule has 1 heterocycles. The number of carbonyl (C=O) groups excluding carboxylic acids is 1. The van der Waals surface area contributed by atoms with Crippen LogP contribution >= 0.6 is 22.9 Å². The molecule has 4 heteroatoms. The summed E-state index contributed by atoms with van der Waals surface area (Å²) in [4.78, 5) is 12.9. The second-order valence-electron chi connectivity index (χ2n) is 5.05. The fourth-order valence-electron chi connectivity index (χ4n) is 2.37. The zero-order chi connectivity index (χ0) is 15.7. The molecule has 0 aliphatic rings. The van der Waals surface area contributed by atoms with E-state index in [1.54, 1.807) is 18.2 Å².